The van der Waals surface area contributed by atoms with Crippen molar-refractivity contribution < 1.29 is 14.6 Å². The quantitative estimate of drug-likeness (QED) is 0.383. The number of aliphatic hydroxyl groups is 1. The molecule has 0 amide bonds. The molecule has 0 aromatic carbocycles. The van der Waals surface area contributed by atoms with Gasteiger partial charge in [0.1, 0.15) is 5.76 Å². The van der Waals surface area contributed by atoms with Crippen molar-refractivity contribution in [3.05, 3.63) is 24.1 Å². The average molecular weight is 185 g/mol. The van der Waals surface area contributed by atoms with Gasteiger partial charge in [0.2, 0.25) is 0 Å². The molecule has 13 heavy (non-hydrogen) atoms. The summed E-state index contributed by atoms with van der Waals surface area (Å²) in [5.74, 6) is -0.239. The zero-order valence-electron chi connectivity index (χ0n) is 7.91. The van der Waals surface area contributed by atoms with Crippen molar-refractivity contribution in [2.24, 2.45) is 5.73 Å². The Hall–Kier alpha value is -1.29. The zero-order chi connectivity index (χ0) is 10.4. The van der Waals surface area contributed by atoms with Crippen molar-refractivity contribution >= 4 is 5.97 Å². The molecule has 4 heteroatoms. The van der Waals surface area contributed by atoms with Crippen LogP contribution in [0.4, 0.5) is 0 Å². The Morgan fingerprint density at radius 1 is 1.77 bits per heavy atom. The molecule has 0 saturated carbocycles. The highest BCUT2D eigenvalue weighted by molar-refractivity contribution is 5.82. The van der Waals surface area contributed by atoms with Crippen molar-refractivity contribution in [2.75, 3.05) is 0 Å². The van der Waals surface area contributed by atoms with Crippen molar-refractivity contribution in [1.82, 2.24) is 0 Å². The first kappa shape index (κ1) is 11.7. The highest BCUT2D eigenvalue weighted by atomic mass is 16.5. The molecule has 0 fully saturated rings. The lowest BCUT2D eigenvalue weighted by atomic mass is 10.2. The number of hydrogen-bond acceptors (Lipinski definition) is 4. The number of esters is 1. The molecule has 0 bridgehead atoms. The monoisotopic (exact) mass is 185 g/mol. The Kier molecular flexibility index (Phi) is 4.84. The van der Waals surface area contributed by atoms with Gasteiger partial charge in [0.15, 0.2) is 0 Å². The largest absolute Gasteiger partial charge is 0.426 e. The summed E-state index contributed by atoms with van der Waals surface area (Å²) in [7, 11) is 0. The van der Waals surface area contributed by atoms with E-state index < -0.39 is 12.1 Å². The first-order valence-corrected chi connectivity index (χ1v) is 3.95. The Balaban J connectivity index is 4.26. The summed E-state index contributed by atoms with van der Waals surface area (Å²) in [5.41, 5.74) is 5.90. The molecule has 1 atom stereocenters. The molecule has 0 heterocycles. The summed E-state index contributed by atoms with van der Waals surface area (Å²) < 4.78 is 4.75. The summed E-state index contributed by atoms with van der Waals surface area (Å²) in [6.45, 7) is 6.42. The number of carbonyl (C=O) groups is 1. The number of carbonyl (C=O) groups excluding carboxylic acids is 1. The number of ether oxygens (including phenoxy) is 1. The molecule has 74 valence electrons. The maximum Gasteiger partial charge on any atom is 0.335 e. The highest BCUT2D eigenvalue weighted by Crippen LogP contribution is 2.07. The highest BCUT2D eigenvalue weighted by Gasteiger charge is 2.05. The number of allylic oxidation sites excluding steroid dienone is 1. The van der Waals surface area contributed by atoms with Gasteiger partial charge in [-0.05, 0) is 13.8 Å². The minimum atomic E-state index is -0.550. The van der Waals surface area contributed by atoms with E-state index in [1.807, 2.05) is 0 Å². The van der Waals surface area contributed by atoms with Crippen molar-refractivity contribution in [1.29, 1.82) is 0 Å². The number of hydrogen-bond donors (Lipinski definition) is 2. The second-order valence-electron chi connectivity index (χ2n) is 2.76. The van der Waals surface area contributed by atoms with E-state index in [4.69, 9.17) is 15.6 Å². The fourth-order valence-corrected chi connectivity index (χ4v) is 0.720. The third-order valence-corrected chi connectivity index (χ3v) is 1.39. The molecule has 0 aliphatic carbocycles. The molecule has 0 aliphatic rings. The molecule has 0 saturated heterocycles. The normalized spacial score (nSPS) is 14.4. The van der Waals surface area contributed by atoms with Gasteiger partial charge in [0, 0.05) is 18.2 Å². The molecule has 0 radical (unpaired) electrons. The summed E-state index contributed by atoms with van der Waals surface area (Å²) in [6, 6.07) is 0. The second kappa shape index (κ2) is 5.37. The third-order valence-electron chi connectivity index (χ3n) is 1.39. The van der Waals surface area contributed by atoms with E-state index >= 15 is 0 Å². The van der Waals surface area contributed by atoms with Gasteiger partial charge >= 0.3 is 5.97 Å². The first-order chi connectivity index (χ1) is 5.97. The summed E-state index contributed by atoms with van der Waals surface area (Å²) >= 11 is 0. The molecule has 0 aromatic rings. The molecule has 0 rings (SSSR count). The van der Waals surface area contributed by atoms with E-state index in [-0.39, 0.29) is 6.42 Å². The van der Waals surface area contributed by atoms with Crippen LogP contribution in [0.1, 0.15) is 20.3 Å². The molecule has 0 spiro atoms. The first-order valence-electron chi connectivity index (χ1n) is 3.95. The topological polar surface area (TPSA) is 72.5 Å². The van der Waals surface area contributed by atoms with Crippen LogP contribution in [-0.4, -0.2) is 17.2 Å². The van der Waals surface area contributed by atoms with Crippen LogP contribution in [-0.2, 0) is 9.53 Å². The maximum atomic E-state index is 10.7. The van der Waals surface area contributed by atoms with Crippen LogP contribution in [0.25, 0.3) is 0 Å². The van der Waals surface area contributed by atoms with Crippen LogP contribution in [0.3, 0.4) is 0 Å². The number of nitrogens with two attached hydrogens (primary N) is 1. The molecule has 4 nitrogen and oxygen atoms in total. The van der Waals surface area contributed by atoms with E-state index in [1.165, 1.54) is 0 Å². The van der Waals surface area contributed by atoms with E-state index in [1.54, 1.807) is 13.8 Å². The Morgan fingerprint density at radius 3 is 2.69 bits per heavy atom. The van der Waals surface area contributed by atoms with Crippen LogP contribution in [0.5, 0.6) is 0 Å². The van der Waals surface area contributed by atoms with Gasteiger partial charge < -0.3 is 15.6 Å². The summed E-state index contributed by atoms with van der Waals surface area (Å²) in [4.78, 5) is 10.7. The lowest BCUT2D eigenvalue weighted by Gasteiger charge is -2.08. The van der Waals surface area contributed by atoms with Gasteiger partial charge in [-0.1, -0.05) is 6.58 Å². The van der Waals surface area contributed by atoms with Crippen molar-refractivity contribution in [3.63, 3.8) is 0 Å². The van der Waals surface area contributed by atoms with E-state index in [0.29, 0.717) is 11.5 Å². The minimum absolute atomic E-state index is 0.288. The summed E-state index contributed by atoms with van der Waals surface area (Å²) in [5, 5.41) is 8.99. The van der Waals surface area contributed by atoms with E-state index in [2.05, 4.69) is 6.58 Å². The molecule has 0 aromatic heterocycles. The van der Waals surface area contributed by atoms with Crippen molar-refractivity contribution in [2.45, 2.75) is 26.4 Å². The van der Waals surface area contributed by atoms with Crippen LogP contribution < -0.4 is 5.73 Å². The molecular formula is C9H15NO3. The van der Waals surface area contributed by atoms with E-state index in [9.17, 15) is 4.79 Å². The number of aliphatic hydroxyl groups excluding tert-OH is 1. The maximum absolute atomic E-state index is 10.7. The Labute approximate surface area is 77.7 Å². The minimum Gasteiger partial charge on any atom is -0.426 e. The molecule has 1 unspecified atom stereocenters. The standard InChI is InChI=1S/C9H15NO3/c1-4-9(12)13-7(3)8(10)5-6(2)11/h4,6,11H,1,5,10H2,2-3H3. The Bertz CT molecular complexity index is 231. The van der Waals surface area contributed by atoms with Crippen LogP contribution in [0, 0.1) is 0 Å². The molecular weight excluding hydrogens is 170 g/mol. The Morgan fingerprint density at radius 2 is 2.31 bits per heavy atom. The van der Waals surface area contributed by atoms with E-state index in [0.717, 1.165) is 6.08 Å². The molecule has 3 N–H and O–H groups in total. The predicted molar refractivity (Wildman–Crippen MR) is 49.5 cm³/mol. The average Bonchev–Trinajstić information content (AvgIpc) is 2.02. The second-order valence-corrected chi connectivity index (χ2v) is 2.76. The smallest absolute Gasteiger partial charge is 0.335 e. The lowest BCUT2D eigenvalue weighted by Crippen LogP contribution is -2.12. The van der Waals surface area contributed by atoms with Gasteiger partial charge in [-0.2, -0.15) is 0 Å². The van der Waals surface area contributed by atoms with Gasteiger partial charge in [0.05, 0.1) is 6.10 Å². The van der Waals surface area contributed by atoms with Crippen LogP contribution >= 0.6 is 0 Å². The van der Waals surface area contributed by atoms with Gasteiger partial charge in [-0.3, -0.25) is 0 Å². The van der Waals surface area contributed by atoms with Gasteiger partial charge in [0.25, 0.3) is 0 Å². The third kappa shape index (κ3) is 5.03. The van der Waals surface area contributed by atoms with Gasteiger partial charge in [-0.15, -0.1) is 0 Å². The van der Waals surface area contributed by atoms with Crippen molar-refractivity contribution in [3.8, 4) is 0 Å². The fraction of sp³-hybridized carbons (Fsp3) is 0.444. The van der Waals surface area contributed by atoms with Crippen LogP contribution in [0.2, 0.25) is 0 Å². The number of rotatable bonds is 4. The van der Waals surface area contributed by atoms with Gasteiger partial charge in [-0.25, -0.2) is 4.79 Å². The van der Waals surface area contributed by atoms with Crippen LogP contribution in [0.15, 0.2) is 24.1 Å². The molecule has 0 aliphatic heterocycles. The fourth-order valence-electron chi connectivity index (χ4n) is 0.720. The predicted octanol–water partition coefficient (Wildman–Crippen LogP) is 0.677. The lowest BCUT2D eigenvalue weighted by molar-refractivity contribution is -0.133. The SMILES string of the molecule is C=CC(=O)OC(C)=C(N)CC(C)O. The summed E-state index contributed by atoms with van der Waals surface area (Å²) in [6.07, 6.45) is 0.799. The zero-order valence-corrected chi connectivity index (χ0v) is 7.91.